The van der Waals surface area contributed by atoms with E-state index in [9.17, 15) is 0 Å². The number of hydrogen-bond acceptors (Lipinski definition) is 3. The summed E-state index contributed by atoms with van der Waals surface area (Å²) >= 11 is 0. The normalized spacial score (nSPS) is 11.5. The summed E-state index contributed by atoms with van der Waals surface area (Å²) in [4.78, 5) is 12.1. The maximum atomic E-state index is 4.12. The molecular weight excluding hydrogens is 150 g/mol. The fourth-order valence-corrected chi connectivity index (χ4v) is 0.857. The minimum absolute atomic E-state index is 0.804. The van der Waals surface area contributed by atoms with Crippen molar-refractivity contribution in [3.05, 3.63) is 24.3 Å². The zero-order valence-corrected chi connectivity index (χ0v) is 7.23. The van der Waals surface area contributed by atoms with Gasteiger partial charge in [-0.1, -0.05) is 6.08 Å². The topological polar surface area (TPSA) is 38.1 Å². The van der Waals surface area contributed by atoms with E-state index in [0.717, 1.165) is 11.4 Å². The van der Waals surface area contributed by atoms with Crippen molar-refractivity contribution >= 4 is 18.0 Å². The number of hydrogen-bond donors (Lipinski definition) is 0. The molecule has 0 N–H and O–H groups in total. The molecule has 0 atom stereocenters. The van der Waals surface area contributed by atoms with Crippen molar-refractivity contribution in [2.45, 2.75) is 13.8 Å². The Hall–Kier alpha value is -1.51. The van der Waals surface area contributed by atoms with Gasteiger partial charge in [0.25, 0.3) is 0 Å². The number of aliphatic imine (C=N–C) groups is 1. The lowest BCUT2D eigenvalue weighted by Crippen LogP contribution is -1.83. The molecule has 1 aromatic rings. The number of nitrogens with zero attached hydrogens (tertiary/aromatic N) is 3. The molecule has 1 rings (SSSR count). The van der Waals surface area contributed by atoms with E-state index in [1.807, 2.05) is 26.0 Å². The summed E-state index contributed by atoms with van der Waals surface area (Å²) in [6.45, 7) is 3.81. The van der Waals surface area contributed by atoms with Gasteiger partial charge in [-0.15, -0.1) is 0 Å². The van der Waals surface area contributed by atoms with Crippen LogP contribution in [0.4, 0.5) is 5.69 Å². The summed E-state index contributed by atoms with van der Waals surface area (Å²) in [5.74, 6) is 0. The van der Waals surface area contributed by atoms with Crippen LogP contribution in [0.25, 0.3) is 6.08 Å². The number of allylic oxidation sites excluding steroid dienone is 1. The van der Waals surface area contributed by atoms with Crippen LogP contribution in [0.3, 0.4) is 0 Å². The van der Waals surface area contributed by atoms with Gasteiger partial charge in [0.2, 0.25) is 0 Å². The SMILES string of the molecule is CC=Nc1cncnc1/C=C\C. The summed E-state index contributed by atoms with van der Waals surface area (Å²) in [7, 11) is 0. The van der Waals surface area contributed by atoms with Crippen LogP contribution in [0.2, 0.25) is 0 Å². The van der Waals surface area contributed by atoms with Gasteiger partial charge in [0.15, 0.2) is 0 Å². The van der Waals surface area contributed by atoms with Gasteiger partial charge in [-0.2, -0.15) is 0 Å². The van der Waals surface area contributed by atoms with E-state index in [0.29, 0.717) is 0 Å². The quantitative estimate of drug-likeness (QED) is 0.624. The molecular formula is C9H11N3. The highest BCUT2D eigenvalue weighted by Gasteiger charge is 1.95. The molecule has 0 aliphatic rings. The lowest BCUT2D eigenvalue weighted by atomic mass is 10.3. The molecule has 0 aliphatic heterocycles. The monoisotopic (exact) mass is 161 g/mol. The van der Waals surface area contributed by atoms with Crippen LogP contribution in [0, 0.1) is 0 Å². The van der Waals surface area contributed by atoms with Gasteiger partial charge in [-0.25, -0.2) is 9.97 Å². The van der Waals surface area contributed by atoms with Crippen molar-refractivity contribution in [2.24, 2.45) is 4.99 Å². The third-order valence-corrected chi connectivity index (χ3v) is 1.32. The van der Waals surface area contributed by atoms with E-state index in [4.69, 9.17) is 0 Å². The summed E-state index contributed by atoms with van der Waals surface area (Å²) < 4.78 is 0. The highest BCUT2D eigenvalue weighted by molar-refractivity contribution is 5.66. The minimum atomic E-state index is 0.804. The second-order valence-electron chi connectivity index (χ2n) is 2.18. The Kier molecular flexibility index (Phi) is 3.14. The standard InChI is InChI=1S/C9H11N3/c1-3-5-8-9(11-4-2)6-10-7-12-8/h3-7H,1-2H3/b5-3-,11-4?. The number of aromatic nitrogens is 2. The lowest BCUT2D eigenvalue weighted by molar-refractivity contribution is 1.14. The lowest BCUT2D eigenvalue weighted by Gasteiger charge is -1.95. The van der Waals surface area contributed by atoms with Crippen molar-refractivity contribution in [3.8, 4) is 0 Å². The predicted molar refractivity (Wildman–Crippen MR) is 50.6 cm³/mol. The average molecular weight is 161 g/mol. The van der Waals surface area contributed by atoms with E-state index in [-0.39, 0.29) is 0 Å². The first kappa shape index (κ1) is 8.59. The number of rotatable bonds is 2. The summed E-state index contributed by atoms with van der Waals surface area (Å²) in [5, 5.41) is 0. The Morgan fingerprint density at radius 2 is 2.25 bits per heavy atom. The van der Waals surface area contributed by atoms with Gasteiger partial charge < -0.3 is 0 Å². The maximum Gasteiger partial charge on any atom is 0.116 e. The van der Waals surface area contributed by atoms with Gasteiger partial charge in [0, 0.05) is 6.21 Å². The Morgan fingerprint density at radius 3 is 2.92 bits per heavy atom. The first-order chi connectivity index (χ1) is 5.88. The molecule has 3 heteroatoms. The van der Waals surface area contributed by atoms with Crippen molar-refractivity contribution in [1.29, 1.82) is 0 Å². The molecule has 3 nitrogen and oxygen atoms in total. The van der Waals surface area contributed by atoms with Gasteiger partial charge in [0.05, 0.1) is 11.9 Å². The van der Waals surface area contributed by atoms with Gasteiger partial charge in [-0.3, -0.25) is 4.99 Å². The summed E-state index contributed by atoms with van der Waals surface area (Å²) in [6, 6.07) is 0. The van der Waals surface area contributed by atoms with Crippen molar-refractivity contribution < 1.29 is 0 Å². The maximum absolute atomic E-state index is 4.12. The highest BCUT2D eigenvalue weighted by atomic mass is 14.9. The van der Waals surface area contributed by atoms with Crippen molar-refractivity contribution in [1.82, 2.24) is 9.97 Å². The van der Waals surface area contributed by atoms with Gasteiger partial charge in [-0.05, 0) is 19.9 Å². The van der Waals surface area contributed by atoms with Crippen molar-refractivity contribution in [3.63, 3.8) is 0 Å². The van der Waals surface area contributed by atoms with Gasteiger partial charge in [0.1, 0.15) is 12.0 Å². The smallest absolute Gasteiger partial charge is 0.116 e. The fourth-order valence-electron chi connectivity index (χ4n) is 0.857. The second-order valence-corrected chi connectivity index (χ2v) is 2.18. The molecule has 0 saturated heterocycles. The van der Waals surface area contributed by atoms with Crippen LogP contribution in [0.1, 0.15) is 19.5 Å². The molecule has 1 aromatic heterocycles. The Morgan fingerprint density at radius 1 is 1.42 bits per heavy atom. The molecule has 0 amide bonds. The van der Waals surface area contributed by atoms with Crippen LogP contribution >= 0.6 is 0 Å². The fraction of sp³-hybridized carbons (Fsp3) is 0.222. The molecule has 0 radical (unpaired) electrons. The van der Waals surface area contributed by atoms with Gasteiger partial charge >= 0.3 is 0 Å². The van der Waals surface area contributed by atoms with E-state index in [2.05, 4.69) is 15.0 Å². The van der Waals surface area contributed by atoms with Crippen LogP contribution in [-0.4, -0.2) is 16.2 Å². The molecule has 12 heavy (non-hydrogen) atoms. The zero-order chi connectivity index (χ0) is 8.81. The Balaban J connectivity index is 3.08. The molecule has 0 spiro atoms. The Labute approximate surface area is 71.9 Å². The summed E-state index contributed by atoms with van der Waals surface area (Å²) in [5.41, 5.74) is 1.66. The molecule has 1 heterocycles. The molecule has 0 bridgehead atoms. The highest BCUT2D eigenvalue weighted by Crippen LogP contribution is 2.15. The molecule has 0 fully saturated rings. The zero-order valence-electron chi connectivity index (χ0n) is 7.23. The molecule has 0 aromatic carbocycles. The molecule has 62 valence electrons. The second kappa shape index (κ2) is 4.38. The minimum Gasteiger partial charge on any atom is -0.258 e. The van der Waals surface area contributed by atoms with E-state index in [1.165, 1.54) is 6.33 Å². The predicted octanol–water partition coefficient (Wildman–Crippen LogP) is 2.23. The van der Waals surface area contributed by atoms with Crippen LogP contribution in [-0.2, 0) is 0 Å². The molecule has 0 aliphatic carbocycles. The first-order valence-electron chi connectivity index (χ1n) is 3.80. The van der Waals surface area contributed by atoms with E-state index < -0.39 is 0 Å². The largest absolute Gasteiger partial charge is 0.258 e. The summed E-state index contributed by atoms with van der Waals surface area (Å²) in [6.07, 6.45) is 8.78. The van der Waals surface area contributed by atoms with Crippen LogP contribution < -0.4 is 0 Å². The first-order valence-corrected chi connectivity index (χ1v) is 3.80. The van der Waals surface area contributed by atoms with Crippen LogP contribution in [0.15, 0.2) is 23.6 Å². The van der Waals surface area contributed by atoms with Crippen molar-refractivity contribution in [2.75, 3.05) is 0 Å². The molecule has 0 saturated carbocycles. The van der Waals surface area contributed by atoms with Crippen LogP contribution in [0.5, 0.6) is 0 Å². The van der Waals surface area contributed by atoms with E-state index in [1.54, 1.807) is 12.4 Å². The third-order valence-electron chi connectivity index (χ3n) is 1.32. The Bertz CT molecular complexity index is 271. The average Bonchev–Trinajstić information content (AvgIpc) is 2.09. The molecule has 0 unspecified atom stereocenters. The third kappa shape index (κ3) is 1.99. The van der Waals surface area contributed by atoms with E-state index >= 15 is 0 Å².